The van der Waals surface area contributed by atoms with Crippen molar-refractivity contribution in [1.82, 2.24) is 0 Å². The van der Waals surface area contributed by atoms with Crippen LogP contribution in [0.3, 0.4) is 0 Å². The Morgan fingerprint density at radius 1 is 1.21 bits per heavy atom. The molecule has 0 saturated heterocycles. The summed E-state index contributed by atoms with van der Waals surface area (Å²) in [6.45, 7) is 0.696. The van der Waals surface area contributed by atoms with Gasteiger partial charge in [0.2, 0.25) is 6.79 Å². The number of fused-ring (bicyclic) bond motifs is 1. The minimum Gasteiger partial charge on any atom is -0.434 e. The molecule has 0 aromatic heterocycles. The predicted molar refractivity (Wildman–Crippen MR) is 103 cm³/mol. The monoisotopic (exact) mass is 407 g/mol. The van der Waals surface area contributed by atoms with E-state index in [1.807, 2.05) is 0 Å². The van der Waals surface area contributed by atoms with Crippen LogP contribution in [0.15, 0.2) is 39.9 Å². The fourth-order valence-corrected chi connectivity index (χ4v) is 3.92. The number of anilines is 2. The SMILES string of the molecule is [CH2]OP(=O)(CCN1CCCNc2c1c(=O)c2=O)OCOC(=O)c1ccccc1. The summed E-state index contributed by atoms with van der Waals surface area (Å²) < 4.78 is 27.5. The topological polar surface area (TPSA) is 111 Å². The van der Waals surface area contributed by atoms with Gasteiger partial charge in [-0.3, -0.25) is 18.7 Å². The highest BCUT2D eigenvalue weighted by molar-refractivity contribution is 7.53. The lowest BCUT2D eigenvalue weighted by atomic mass is 10.2. The third-order valence-electron chi connectivity index (χ3n) is 4.40. The first kappa shape index (κ1) is 20.3. The van der Waals surface area contributed by atoms with Gasteiger partial charge >= 0.3 is 13.6 Å². The van der Waals surface area contributed by atoms with E-state index in [-0.39, 0.29) is 12.7 Å². The van der Waals surface area contributed by atoms with Gasteiger partial charge in [0.1, 0.15) is 11.4 Å². The second-order valence-electron chi connectivity index (χ2n) is 6.16. The number of hydrogen-bond acceptors (Lipinski definition) is 9. The van der Waals surface area contributed by atoms with Crippen LogP contribution in [0.2, 0.25) is 0 Å². The molecule has 0 fully saturated rings. The van der Waals surface area contributed by atoms with Crippen LogP contribution in [0.1, 0.15) is 16.8 Å². The third-order valence-corrected chi connectivity index (χ3v) is 6.04. The normalized spacial score (nSPS) is 16.0. The van der Waals surface area contributed by atoms with Crippen molar-refractivity contribution in [3.8, 4) is 0 Å². The van der Waals surface area contributed by atoms with Crippen LogP contribution in [-0.2, 0) is 18.3 Å². The van der Waals surface area contributed by atoms with E-state index >= 15 is 0 Å². The molecule has 1 N–H and O–H groups in total. The minimum atomic E-state index is -3.66. The highest BCUT2D eigenvalue weighted by Crippen LogP contribution is 2.47. The molecule has 0 spiro atoms. The van der Waals surface area contributed by atoms with Crippen LogP contribution in [0.25, 0.3) is 0 Å². The lowest BCUT2D eigenvalue weighted by molar-refractivity contribution is 0.0121. The van der Waals surface area contributed by atoms with Crippen LogP contribution in [0, 0.1) is 7.11 Å². The Bertz CT molecular complexity index is 953. The van der Waals surface area contributed by atoms with Gasteiger partial charge in [0.25, 0.3) is 10.9 Å². The van der Waals surface area contributed by atoms with Crippen LogP contribution in [0.4, 0.5) is 11.4 Å². The molecule has 1 atom stereocenters. The van der Waals surface area contributed by atoms with Crippen molar-refractivity contribution in [2.75, 3.05) is 42.8 Å². The van der Waals surface area contributed by atoms with Crippen LogP contribution in [0.5, 0.6) is 0 Å². The number of rotatable bonds is 8. The van der Waals surface area contributed by atoms with Gasteiger partial charge in [0.15, 0.2) is 0 Å². The molecule has 0 saturated carbocycles. The first-order valence-electron chi connectivity index (χ1n) is 8.67. The molecule has 0 amide bonds. The maximum atomic E-state index is 12.7. The third kappa shape index (κ3) is 4.32. The Morgan fingerprint density at radius 2 is 1.96 bits per heavy atom. The molecule has 0 aliphatic carbocycles. The van der Waals surface area contributed by atoms with E-state index < -0.39 is 31.2 Å². The van der Waals surface area contributed by atoms with E-state index in [4.69, 9.17) is 13.8 Å². The predicted octanol–water partition coefficient (Wildman–Crippen LogP) is 1.74. The van der Waals surface area contributed by atoms with E-state index in [1.165, 1.54) is 0 Å². The molecule has 2 aromatic rings. The summed E-state index contributed by atoms with van der Waals surface area (Å²) >= 11 is 0. The van der Waals surface area contributed by atoms with Gasteiger partial charge < -0.3 is 19.5 Å². The highest BCUT2D eigenvalue weighted by Gasteiger charge is 2.31. The molecule has 1 aliphatic heterocycles. The van der Waals surface area contributed by atoms with Gasteiger partial charge in [-0.25, -0.2) is 4.79 Å². The maximum Gasteiger partial charge on any atom is 0.340 e. The lowest BCUT2D eigenvalue weighted by Crippen LogP contribution is -2.42. The smallest absolute Gasteiger partial charge is 0.340 e. The Labute approximate surface area is 161 Å². The molecular formula is C18H20N2O7P. The molecule has 1 radical (unpaired) electrons. The second kappa shape index (κ2) is 8.68. The van der Waals surface area contributed by atoms with E-state index in [9.17, 15) is 18.9 Å². The number of carbonyl (C=O) groups is 1. The molecule has 3 rings (SSSR count). The Kier molecular flexibility index (Phi) is 6.28. The van der Waals surface area contributed by atoms with Crippen LogP contribution in [-0.4, -0.2) is 38.6 Å². The standard InChI is InChI=1S/C18H20N2O7P/c1-25-28(24,27-12-26-18(23)13-6-3-2-4-7-13)11-10-20-9-5-8-19-14-15(20)17(22)16(14)21/h2-4,6-7,19H,1,5,8-12H2. The van der Waals surface area contributed by atoms with Crippen molar-refractivity contribution in [1.29, 1.82) is 0 Å². The largest absolute Gasteiger partial charge is 0.434 e. The Morgan fingerprint density at radius 3 is 2.68 bits per heavy atom. The maximum absolute atomic E-state index is 12.7. The fourth-order valence-electron chi connectivity index (χ4n) is 2.89. The molecule has 1 heterocycles. The van der Waals surface area contributed by atoms with Crippen molar-refractivity contribution >= 4 is 24.9 Å². The van der Waals surface area contributed by atoms with E-state index in [2.05, 4.69) is 12.4 Å². The quantitative estimate of drug-likeness (QED) is 0.303. The first-order valence-corrected chi connectivity index (χ1v) is 10.4. The molecule has 149 valence electrons. The second-order valence-corrected chi connectivity index (χ2v) is 8.34. The number of nitrogens with one attached hydrogen (secondary N) is 1. The molecule has 2 aromatic carbocycles. The zero-order valence-electron chi connectivity index (χ0n) is 15.1. The van der Waals surface area contributed by atoms with Gasteiger partial charge in [0, 0.05) is 19.6 Å². The molecule has 10 heteroatoms. The zero-order valence-corrected chi connectivity index (χ0v) is 16.0. The number of ether oxygens (including phenoxy) is 1. The van der Waals surface area contributed by atoms with Crippen molar-refractivity contribution < 1.29 is 23.1 Å². The summed E-state index contributed by atoms with van der Waals surface area (Å²) in [5, 5.41) is 2.93. The molecular weight excluding hydrogens is 387 g/mol. The van der Waals surface area contributed by atoms with Gasteiger partial charge in [-0.15, -0.1) is 0 Å². The van der Waals surface area contributed by atoms with Crippen molar-refractivity contribution in [2.24, 2.45) is 0 Å². The molecule has 28 heavy (non-hydrogen) atoms. The first-order chi connectivity index (χ1) is 13.4. The summed E-state index contributed by atoms with van der Waals surface area (Å²) in [5.41, 5.74) is -0.171. The summed E-state index contributed by atoms with van der Waals surface area (Å²) in [6.07, 6.45) is 0.621. The summed E-state index contributed by atoms with van der Waals surface area (Å²) in [5.74, 6) is -0.622. The average molecular weight is 407 g/mol. The summed E-state index contributed by atoms with van der Waals surface area (Å²) in [7, 11) is -0.477. The lowest BCUT2D eigenvalue weighted by Gasteiger charge is -2.26. The van der Waals surface area contributed by atoms with E-state index in [0.717, 1.165) is 0 Å². The molecule has 1 unspecified atom stereocenters. The molecule has 9 nitrogen and oxygen atoms in total. The summed E-state index contributed by atoms with van der Waals surface area (Å²) in [6, 6.07) is 8.29. The Balaban J connectivity index is 1.55. The highest BCUT2D eigenvalue weighted by atomic mass is 31.2. The zero-order chi connectivity index (χ0) is 20.1. The number of nitrogens with zero attached hydrogens (tertiary/aromatic N) is 1. The number of benzene rings is 1. The van der Waals surface area contributed by atoms with Crippen molar-refractivity contribution in [2.45, 2.75) is 6.42 Å². The Hall–Kier alpha value is -2.48. The van der Waals surface area contributed by atoms with Crippen LogP contribution >= 0.6 is 7.60 Å². The van der Waals surface area contributed by atoms with Crippen molar-refractivity contribution in [3.05, 3.63) is 63.5 Å². The van der Waals surface area contributed by atoms with Gasteiger partial charge in [0.05, 0.1) is 18.8 Å². The molecule has 1 aliphatic rings. The average Bonchev–Trinajstić information content (AvgIpc) is 2.92. The van der Waals surface area contributed by atoms with E-state index in [0.29, 0.717) is 36.4 Å². The molecule has 0 bridgehead atoms. The van der Waals surface area contributed by atoms with Crippen molar-refractivity contribution in [3.63, 3.8) is 0 Å². The van der Waals surface area contributed by atoms with Gasteiger partial charge in [-0.1, -0.05) is 18.2 Å². The fraction of sp³-hybridized carbons (Fsp3) is 0.333. The number of carbonyl (C=O) groups excluding carboxylic acids is 1. The van der Waals surface area contributed by atoms with Crippen LogP contribution < -0.4 is 21.1 Å². The van der Waals surface area contributed by atoms with Gasteiger partial charge in [-0.05, 0) is 18.6 Å². The van der Waals surface area contributed by atoms with Gasteiger partial charge in [-0.2, -0.15) is 0 Å². The number of hydrogen-bond donors (Lipinski definition) is 1. The summed E-state index contributed by atoms with van der Waals surface area (Å²) in [4.78, 5) is 37.0. The minimum absolute atomic E-state index is 0.0857. The number of esters is 1. The van der Waals surface area contributed by atoms with E-state index in [1.54, 1.807) is 35.2 Å².